The highest BCUT2D eigenvalue weighted by Crippen LogP contribution is 2.22. The minimum absolute atomic E-state index is 0.227. The monoisotopic (exact) mass is 713 g/mol. The molecule has 1 saturated heterocycles. The number of unbranched alkanes of at least 4 members (excludes halogenated alkanes) is 5. The Balaban J connectivity index is 2.46. The van der Waals surface area contributed by atoms with Gasteiger partial charge in [0.1, 0.15) is 24.4 Å². The quantitative estimate of drug-likeness (QED) is 0.0393. The van der Waals surface area contributed by atoms with E-state index in [2.05, 4.69) is 91.2 Å². The number of carbonyl (C=O) groups is 1. The van der Waals surface area contributed by atoms with Gasteiger partial charge in [0.2, 0.25) is 5.91 Å². The van der Waals surface area contributed by atoms with E-state index in [0.29, 0.717) is 12.8 Å². The van der Waals surface area contributed by atoms with Crippen LogP contribution in [0.1, 0.15) is 104 Å². The topological polar surface area (TPSA) is 149 Å². The maximum atomic E-state index is 12.8. The zero-order valence-corrected chi connectivity index (χ0v) is 31.1. The molecule has 1 aliphatic heterocycles. The molecule has 7 unspecified atom stereocenters. The Morgan fingerprint density at radius 1 is 0.706 bits per heavy atom. The van der Waals surface area contributed by atoms with Crippen LogP contribution in [0.4, 0.5) is 0 Å². The van der Waals surface area contributed by atoms with Gasteiger partial charge in [-0.3, -0.25) is 4.79 Å². The maximum absolute atomic E-state index is 12.8. The molecule has 0 saturated carbocycles. The van der Waals surface area contributed by atoms with Crippen molar-refractivity contribution >= 4 is 5.91 Å². The molecule has 0 aliphatic carbocycles. The van der Waals surface area contributed by atoms with Crippen molar-refractivity contribution in [1.29, 1.82) is 0 Å². The van der Waals surface area contributed by atoms with Gasteiger partial charge in [0.25, 0.3) is 0 Å². The maximum Gasteiger partial charge on any atom is 0.220 e. The second-order valence-electron chi connectivity index (χ2n) is 12.6. The van der Waals surface area contributed by atoms with E-state index in [1.807, 2.05) is 19.1 Å². The smallest absolute Gasteiger partial charge is 0.220 e. The summed E-state index contributed by atoms with van der Waals surface area (Å²) in [6.45, 7) is 3.33. The number of aliphatic hydroxyl groups is 5. The summed E-state index contributed by atoms with van der Waals surface area (Å²) in [5.74, 6) is -0.233. The number of rotatable bonds is 28. The van der Waals surface area contributed by atoms with Crippen LogP contribution in [0, 0.1) is 0 Å². The Kier molecular flexibility index (Phi) is 28.8. The van der Waals surface area contributed by atoms with Crippen LogP contribution in [0.3, 0.4) is 0 Å². The van der Waals surface area contributed by atoms with Crippen LogP contribution >= 0.6 is 0 Å². The fourth-order valence-electron chi connectivity index (χ4n) is 5.16. The molecule has 0 aromatic carbocycles. The van der Waals surface area contributed by atoms with Crippen LogP contribution < -0.4 is 5.32 Å². The number of hydrogen-bond donors (Lipinski definition) is 6. The van der Waals surface area contributed by atoms with Crippen molar-refractivity contribution in [3.8, 4) is 0 Å². The summed E-state index contributed by atoms with van der Waals surface area (Å²) >= 11 is 0. The lowest BCUT2D eigenvalue weighted by atomic mass is 9.99. The molecule has 9 nitrogen and oxygen atoms in total. The molecule has 6 N–H and O–H groups in total. The first-order chi connectivity index (χ1) is 24.8. The van der Waals surface area contributed by atoms with E-state index in [1.54, 1.807) is 6.08 Å². The van der Waals surface area contributed by atoms with Crippen LogP contribution in [0.5, 0.6) is 0 Å². The Morgan fingerprint density at radius 3 is 1.84 bits per heavy atom. The first-order valence-electron chi connectivity index (χ1n) is 18.9. The second kappa shape index (κ2) is 31.8. The third kappa shape index (κ3) is 23.3. The zero-order valence-electron chi connectivity index (χ0n) is 31.1. The molecule has 1 rings (SSSR count). The number of carbonyl (C=O) groups excluding carboxylic acids is 1. The summed E-state index contributed by atoms with van der Waals surface area (Å²) in [5.41, 5.74) is 0. The lowest BCUT2D eigenvalue weighted by Crippen LogP contribution is -2.60. The van der Waals surface area contributed by atoms with E-state index in [1.165, 1.54) is 0 Å². The van der Waals surface area contributed by atoms with Crippen LogP contribution in [-0.4, -0.2) is 87.5 Å². The highest BCUT2D eigenvalue weighted by atomic mass is 16.7. The van der Waals surface area contributed by atoms with Gasteiger partial charge in [-0.15, -0.1) is 0 Å². The first kappa shape index (κ1) is 46.1. The standard InChI is InChI=1S/C42H67NO8/c1-3-5-7-9-11-13-14-15-16-17-18-19-20-21-22-24-26-28-30-32-38(46)43-35(36(45)31-29-27-25-23-12-10-8-6-4-2)34-50-42-41(49)40(48)39(47)37(33-44)51-42/h4-7,11-13,15-16,18-19,21-23,29,31,35-37,39-42,44-45,47-49H,3,8-10,14,17,20,24-28,30,32-34H2,1-2H3,(H,43,46)/b6-4+,7-5-,13-11-,16-15-,19-18-,22-21-,23-12+,31-29+. The van der Waals surface area contributed by atoms with Crippen molar-refractivity contribution in [2.24, 2.45) is 0 Å². The van der Waals surface area contributed by atoms with Gasteiger partial charge in [0, 0.05) is 6.42 Å². The predicted octanol–water partition coefficient (Wildman–Crippen LogP) is 6.60. The second-order valence-corrected chi connectivity index (χ2v) is 12.6. The summed E-state index contributed by atoms with van der Waals surface area (Å²) < 4.78 is 11.1. The lowest BCUT2D eigenvalue weighted by molar-refractivity contribution is -0.302. The van der Waals surface area contributed by atoms with Gasteiger partial charge in [-0.25, -0.2) is 0 Å². The summed E-state index contributed by atoms with van der Waals surface area (Å²) in [4.78, 5) is 12.8. The molecule has 1 fully saturated rings. The van der Waals surface area contributed by atoms with Crippen LogP contribution in [0.25, 0.3) is 0 Å². The first-order valence-corrected chi connectivity index (χ1v) is 18.9. The SMILES string of the molecule is C/C=C/CC/C=C/CC/C=C/C(O)C(COC1OC(CO)C(O)C(O)C1O)NC(=O)CCCCC/C=C\C/C=C\C/C=C\C/C=C\C/C=C\CC. The summed E-state index contributed by atoms with van der Waals surface area (Å²) in [7, 11) is 0. The molecule has 288 valence electrons. The fourth-order valence-corrected chi connectivity index (χ4v) is 5.16. The third-order valence-corrected chi connectivity index (χ3v) is 8.22. The average molecular weight is 714 g/mol. The van der Waals surface area contributed by atoms with Crippen LogP contribution in [0.2, 0.25) is 0 Å². The molecule has 7 atom stereocenters. The Bertz CT molecular complexity index is 1110. The van der Waals surface area contributed by atoms with Crippen molar-refractivity contribution in [3.05, 3.63) is 97.2 Å². The molecule has 0 radical (unpaired) electrons. The van der Waals surface area contributed by atoms with Gasteiger partial charge in [-0.1, -0.05) is 111 Å². The summed E-state index contributed by atoms with van der Waals surface area (Å²) in [6, 6.07) is -0.848. The average Bonchev–Trinajstić information content (AvgIpc) is 3.13. The van der Waals surface area contributed by atoms with E-state index in [9.17, 15) is 30.3 Å². The van der Waals surface area contributed by atoms with Gasteiger partial charge in [0.05, 0.1) is 25.4 Å². The third-order valence-electron chi connectivity index (χ3n) is 8.22. The Hall–Kier alpha value is -2.89. The van der Waals surface area contributed by atoms with Crippen molar-refractivity contribution in [2.45, 2.75) is 147 Å². The highest BCUT2D eigenvalue weighted by Gasteiger charge is 2.44. The molecule has 0 bridgehead atoms. The van der Waals surface area contributed by atoms with Crippen LogP contribution in [-0.2, 0) is 14.3 Å². The van der Waals surface area contributed by atoms with E-state index in [0.717, 1.165) is 70.6 Å². The van der Waals surface area contributed by atoms with Crippen molar-refractivity contribution in [2.75, 3.05) is 13.2 Å². The number of ether oxygens (including phenoxy) is 2. The molecule has 0 aromatic heterocycles. The van der Waals surface area contributed by atoms with Crippen molar-refractivity contribution < 1.29 is 39.8 Å². The highest BCUT2D eigenvalue weighted by molar-refractivity contribution is 5.76. The normalized spacial score (nSPS) is 23.2. The molecule has 0 spiro atoms. The summed E-state index contributed by atoms with van der Waals surface area (Å²) in [6.07, 6.45) is 37.6. The fraction of sp³-hybridized carbons (Fsp3) is 0.595. The molecular weight excluding hydrogens is 646 g/mol. The summed E-state index contributed by atoms with van der Waals surface area (Å²) in [5, 5.41) is 53.7. The van der Waals surface area contributed by atoms with Crippen molar-refractivity contribution in [3.63, 3.8) is 0 Å². The Morgan fingerprint density at radius 2 is 1.25 bits per heavy atom. The number of amides is 1. The molecule has 0 aromatic rings. The van der Waals surface area contributed by atoms with Crippen LogP contribution in [0.15, 0.2) is 97.2 Å². The number of hydrogen-bond acceptors (Lipinski definition) is 8. The number of nitrogens with one attached hydrogen (secondary N) is 1. The molecular formula is C42H67NO8. The number of allylic oxidation sites excluding steroid dienone is 15. The van der Waals surface area contributed by atoms with Gasteiger partial charge in [-0.2, -0.15) is 0 Å². The van der Waals surface area contributed by atoms with Gasteiger partial charge in [0.15, 0.2) is 6.29 Å². The minimum atomic E-state index is -1.58. The molecule has 1 aliphatic rings. The van der Waals surface area contributed by atoms with Gasteiger partial charge < -0.3 is 40.3 Å². The van der Waals surface area contributed by atoms with Gasteiger partial charge in [-0.05, 0) is 84.0 Å². The number of aliphatic hydroxyl groups excluding tert-OH is 5. The van der Waals surface area contributed by atoms with Gasteiger partial charge >= 0.3 is 0 Å². The zero-order chi connectivity index (χ0) is 37.4. The predicted molar refractivity (Wildman–Crippen MR) is 207 cm³/mol. The molecule has 51 heavy (non-hydrogen) atoms. The molecule has 9 heteroatoms. The van der Waals surface area contributed by atoms with E-state index in [4.69, 9.17) is 9.47 Å². The van der Waals surface area contributed by atoms with Crippen molar-refractivity contribution in [1.82, 2.24) is 5.32 Å². The molecule has 1 amide bonds. The Labute approximate surface area is 307 Å². The minimum Gasteiger partial charge on any atom is -0.394 e. The largest absolute Gasteiger partial charge is 0.394 e. The van der Waals surface area contributed by atoms with E-state index in [-0.39, 0.29) is 18.9 Å². The lowest BCUT2D eigenvalue weighted by Gasteiger charge is -2.40. The molecule has 1 heterocycles. The van der Waals surface area contributed by atoms with E-state index < -0.39 is 49.5 Å². The van der Waals surface area contributed by atoms with E-state index >= 15 is 0 Å².